The van der Waals surface area contributed by atoms with Crippen LogP contribution in [0, 0.1) is 0 Å². The number of aromatic nitrogens is 1. The Bertz CT molecular complexity index is 4310. The molecule has 3 heteroatoms. The molecule has 73 heavy (non-hydrogen) atoms. The molecule has 0 aliphatic rings. The van der Waals surface area contributed by atoms with Gasteiger partial charge in [-0.05, 0) is 157 Å². The van der Waals surface area contributed by atoms with Crippen LogP contribution in [0.5, 0.6) is 0 Å². The maximum atomic E-state index is 2.47. The minimum absolute atomic E-state index is 1.09. The summed E-state index contributed by atoms with van der Waals surface area (Å²) in [4.78, 5) is 4.75. The quantitative estimate of drug-likeness (QED) is 0.134. The van der Waals surface area contributed by atoms with Crippen molar-refractivity contribution in [2.75, 3.05) is 9.80 Å². The van der Waals surface area contributed by atoms with E-state index in [4.69, 9.17) is 0 Å². The van der Waals surface area contributed by atoms with Crippen LogP contribution in [0.15, 0.2) is 285 Å². The lowest BCUT2D eigenvalue weighted by Gasteiger charge is -2.27. The van der Waals surface area contributed by atoms with Gasteiger partial charge in [0.2, 0.25) is 0 Å². The van der Waals surface area contributed by atoms with Crippen molar-refractivity contribution in [3.63, 3.8) is 0 Å². The van der Waals surface area contributed by atoms with Gasteiger partial charge in [0, 0.05) is 50.3 Å². The van der Waals surface area contributed by atoms with Crippen molar-refractivity contribution in [2.24, 2.45) is 0 Å². The van der Waals surface area contributed by atoms with E-state index < -0.39 is 0 Å². The topological polar surface area (TPSA) is 11.4 Å². The third-order valence-electron chi connectivity index (χ3n) is 14.7. The van der Waals surface area contributed by atoms with Crippen LogP contribution in [-0.4, -0.2) is 4.57 Å². The molecule has 0 aliphatic heterocycles. The van der Waals surface area contributed by atoms with E-state index in [-0.39, 0.29) is 0 Å². The molecule has 342 valence electrons. The van der Waals surface area contributed by atoms with Crippen LogP contribution in [0.4, 0.5) is 34.1 Å². The second-order valence-electron chi connectivity index (χ2n) is 18.9. The molecule has 0 saturated carbocycles. The number of benzene rings is 13. The van der Waals surface area contributed by atoms with Gasteiger partial charge in [-0.15, -0.1) is 0 Å². The van der Waals surface area contributed by atoms with Crippen molar-refractivity contribution < 1.29 is 0 Å². The van der Waals surface area contributed by atoms with E-state index in [9.17, 15) is 0 Å². The molecule has 0 N–H and O–H groups in total. The lowest BCUT2D eigenvalue weighted by atomic mass is 9.94. The lowest BCUT2D eigenvalue weighted by Crippen LogP contribution is -2.10. The molecule has 0 saturated heterocycles. The number of hydrogen-bond acceptors (Lipinski definition) is 2. The number of hydrogen-bond donors (Lipinski definition) is 0. The molecule has 0 amide bonds. The molecular weight excluding hydrogens is 883 g/mol. The first kappa shape index (κ1) is 42.2. The second-order valence-corrected chi connectivity index (χ2v) is 18.9. The molecule has 3 nitrogen and oxygen atoms in total. The zero-order valence-corrected chi connectivity index (χ0v) is 40.0. The highest BCUT2D eigenvalue weighted by Crippen LogP contribution is 2.44. The van der Waals surface area contributed by atoms with Crippen LogP contribution >= 0.6 is 0 Å². The first-order chi connectivity index (χ1) is 36.2. The van der Waals surface area contributed by atoms with Crippen LogP contribution < -0.4 is 9.80 Å². The van der Waals surface area contributed by atoms with Gasteiger partial charge in [0.1, 0.15) is 0 Å². The van der Waals surface area contributed by atoms with Crippen molar-refractivity contribution in [2.45, 2.75) is 0 Å². The third kappa shape index (κ3) is 7.29. The zero-order chi connectivity index (χ0) is 48.2. The predicted octanol–water partition coefficient (Wildman–Crippen LogP) is 19.7. The molecule has 0 radical (unpaired) electrons. The maximum absolute atomic E-state index is 2.47. The number of anilines is 6. The summed E-state index contributed by atoms with van der Waals surface area (Å²) in [7, 11) is 0. The molecule has 0 bridgehead atoms. The predicted molar refractivity (Wildman–Crippen MR) is 311 cm³/mol. The van der Waals surface area contributed by atoms with E-state index in [1.807, 2.05) is 0 Å². The molecule has 0 aliphatic carbocycles. The Morgan fingerprint density at radius 2 is 0.644 bits per heavy atom. The van der Waals surface area contributed by atoms with Crippen LogP contribution in [0.25, 0.3) is 92.8 Å². The SMILES string of the molecule is c1ccc(-c2ccc(N(c3ccccc3)c3ccc4c(c3)c3cc(-c5ccc(N(c6ccccc6)c6cccc7ccccc67)cc5)ccc3n4-c3ccc4c5ccccc5c5ccccc5c4c3)cc2)cc1. The standard InChI is InChI=1S/C70H47N3/c1-4-17-48(18-5-1)49-31-36-55(37-32-49)71(53-21-6-2-7-22-53)57-41-44-70-67(47-57)66-45-52(50-33-38-56(39-34-50)72(54-23-8-3-9-24-54)68-30-16-20-51-19-10-11-25-59(51)68)35-43-69(66)73(70)58-40-42-64-62-28-13-12-26-60(62)61-27-14-15-29-63(61)65(64)46-58/h1-47H. The normalized spacial score (nSPS) is 11.6. The van der Waals surface area contributed by atoms with Crippen LogP contribution in [0.2, 0.25) is 0 Å². The molecular formula is C70H47N3. The van der Waals surface area contributed by atoms with Crippen molar-refractivity contribution in [1.82, 2.24) is 4.57 Å². The Balaban J connectivity index is 0.949. The smallest absolute Gasteiger partial charge is 0.0542 e. The monoisotopic (exact) mass is 929 g/mol. The Kier molecular flexibility index (Phi) is 10.2. The fraction of sp³-hybridized carbons (Fsp3) is 0. The fourth-order valence-electron chi connectivity index (χ4n) is 11.3. The minimum atomic E-state index is 1.09. The highest BCUT2D eigenvalue weighted by Gasteiger charge is 2.21. The largest absolute Gasteiger partial charge is 0.310 e. The first-order valence-corrected chi connectivity index (χ1v) is 25.1. The van der Waals surface area contributed by atoms with Gasteiger partial charge in [0.15, 0.2) is 0 Å². The van der Waals surface area contributed by atoms with Gasteiger partial charge in [-0.1, -0.05) is 188 Å². The fourth-order valence-corrected chi connectivity index (χ4v) is 11.3. The number of para-hydroxylation sites is 2. The molecule has 0 fully saturated rings. The summed E-state index contributed by atoms with van der Waals surface area (Å²) in [6, 6.07) is 104. The average molecular weight is 930 g/mol. The third-order valence-corrected chi connectivity index (χ3v) is 14.7. The summed E-state index contributed by atoms with van der Waals surface area (Å²) >= 11 is 0. The Hall–Kier alpha value is -9.70. The molecule has 13 aromatic carbocycles. The average Bonchev–Trinajstić information content (AvgIpc) is 3.79. The van der Waals surface area contributed by atoms with Crippen LogP contribution in [0.1, 0.15) is 0 Å². The number of nitrogens with zero attached hydrogens (tertiary/aromatic N) is 3. The first-order valence-electron chi connectivity index (χ1n) is 25.1. The van der Waals surface area contributed by atoms with Gasteiger partial charge >= 0.3 is 0 Å². The van der Waals surface area contributed by atoms with E-state index in [1.165, 1.54) is 65.0 Å². The summed E-state index contributed by atoms with van der Waals surface area (Å²) in [6.07, 6.45) is 0. The second kappa shape index (κ2) is 17.6. The van der Waals surface area contributed by atoms with Gasteiger partial charge in [0.25, 0.3) is 0 Å². The summed E-state index contributed by atoms with van der Waals surface area (Å²) in [6.45, 7) is 0. The zero-order valence-electron chi connectivity index (χ0n) is 40.0. The molecule has 14 rings (SSSR count). The number of fused-ring (bicyclic) bond motifs is 10. The Labute approximate surface area is 424 Å². The van der Waals surface area contributed by atoms with Gasteiger partial charge in [0.05, 0.1) is 16.7 Å². The molecule has 14 aromatic rings. The van der Waals surface area contributed by atoms with Crippen molar-refractivity contribution in [1.29, 1.82) is 0 Å². The molecule has 0 unspecified atom stereocenters. The van der Waals surface area contributed by atoms with E-state index in [0.29, 0.717) is 0 Å². The van der Waals surface area contributed by atoms with Gasteiger partial charge in [-0.3, -0.25) is 0 Å². The highest BCUT2D eigenvalue weighted by atomic mass is 15.1. The molecule has 0 atom stereocenters. The summed E-state index contributed by atoms with van der Waals surface area (Å²) < 4.78 is 2.47. The van der Waals surface area contributed by atoms with Gasteiger partial charge < -0.3 is 14.4 Å². The molecule has 1 heterocycles. The van der Waals surface area contributed by atoms with Crippen molar-refractivity contribution >= 4 is 99.0 Å². The molecule has 0 spiro atoms. The van der Waals surface area contributed by atoms with Crippen LogP contribution in [-0.2, 0) is 0 Å². The van der Waals surface area contributed by atoms with Crippen molar-refractivity contribution in [3.8, 4) is 27.9 Å². The minimum Gasteiger partial charge on any atom is -0.310 e. The van der Waals surface area contributed by atoms with Gasteiger partial charge in [-0.25, -0.2) is 0 Å². The summed E-state index contributed by atoms with van der Waals surface area (Å²) in [5.74, 6) is 0. The van der Waals surface area contributed by atoms with Crippen LogP contribution in [0.3, 0.4) is 0 Å². The van der Waals surface area contributed by atoms with E-state index in [0.717, 1.165) is 62.0 Å². The van der Waals surface area contributed by atoms with Gasteiger partial charge in [-0.2, -0.15) is 0 Å². The Morgan fingerprint density at radius 1 is 0.219 bits per heavy atom. The van der Waals surface area contributed by atoms with E-state index in [1.54, 1.807) is 0 Å². The Morgan fingerprint density at radius 3 is 1.29 bits per heavy atom. The molecule has 1 aromatic heterocycles. The summed E-state index contributed by atoms with van der Waals surface area (Å²) in [5.41, 5.74) is 14.8. The lowest BCUT2D eigenvalue weighted by molar-refractivity contribution is 1.18. The number of rotatable bonds is 9. The van der Waals surface area contributed by atoms with Crippen molar-refractivity contribution in [3.05, 3.63) is 285 Å². The van der Waals surface area contributed by atoms with E-state index >= 15 is 0 Å². The summed E-state index contributed by atoms with van der Waals surface area (Å²) in [5, 5.41) is 12.4. The maximum Gasteiger partial charge on any atom is 0.0542 e. The highest BCUT2D eigenvalue weighted by molar-refractivity contribution is 6.25. The van der Waals surface area contributed by atoms with E-state index in [2.05, 4.69) is 299 Å².